The number of benzene rings is 3. The second-order valence-corrected chi connectivity index (χ2v) is 10.5. The number of hydrogen-bond donors (Lipinski definition) is 1. The van der Waals surface area contributed by atoms with Crippen LogP contribution in [0, 0.1) is 9.39 Å². The second kappa shape index (κ2) is 11.6. The number of nitrogens with one attached hydrogen (secondary N) is 1. The van der Waals surface area contributed by atoms with E-state index in [-0.39, 0.29) is 10.6 Å². The van der Waals surface area contributed by atoms with Crippen LogP contribution in [0.1, 0.15) is 11.1 Å². The van der Waals surface area contributed by atoms with Crippen molar-refractivity contribution in [3.63, 3.8) is 0 Å². The van der Waals surface area contributed by atoms with Crippen molar-refractivity contribution in [1.82, 2.24) is 4.90 Å². The summed E-state index contributed by atoms with van der Waals surface area (Å²) in [7, 11) is 0. The Morgan fingerprint density at radius 2 is 1.89 bits per heavy atom. The van der Waals surface area contributed by atoms with Crippen molar-refractivity contribution in [2.75, 3.05) is 11.9 Å². The van der Waals surface area contributed by atoms with Crippen molar-refractivity contribution >= 4 is 86.4 Å². The first-order chi connectivity index (χ1) is 17.2. The summed E-state index contributed by atoms with van der Waals surface area (Å²) in [6.45, 7) is -0.180. The molecular weight excluding hydrogens is 641 g/mol. The third-order valence-corrected chi connectivity index (χ3v) is 7.41. The van der Waals surface area contributed by atoms with E-state index in [1.54, 1.807) is 30.3 Å². The molecular formula is C25H16Cl2FIN2O4S. The third-order valence-electron chi connectivity index (χ3n) is 4.92. The van der Waals surface area contributed by atoms with Gasteiger partial charge in [-0.1, -0.05) is 41.4 Å². The highest BCUT2D eigenvalue weighted by atomic mass is 127. The van der Waals surface area contributed by atoms with Crippen molar-refractivity contribution in [1.29, 1.82) is 0 Å². The zero-order valence-corrected chi connectivity index (χ0v) is 22.8. The normalized spacial score (nSPS) is 14.4. The molecule has 184 valence electrons. The second-order valence-electron chi connectivity index (χ2n) is 7.55. The molecule has 4 rings (SSSR count). The maximum atomic E-state index is 13.3. The molecule has 3 amide bonds. The highest BCUT2D eigenvalue weighted by Crippen LogP contribution is 2.33. The average molecular weight is 657 g/mol. The average Bonchev–Trinajstić information content (AvgIpc) is 3.08. The standard InChI is InChI=1S/C25H16Cl2FIN2O4S/c26-18-6-4-15(8-19(18)27)13-35-21-7-5-14(9-20(21)29)10-22-24(33)31(25(34)36-22)12-23(32)30-17-3-1-2-16(28)11-17/h1-11H,12-13H2,(H,30,32)/b22-10+. The van der Waals surface area contributed by atoms with E-state index in [0.29, 0.717) is 28.0 Å². The van der Waals surface area contributed by atoms with Gasteiger partial charge >= 0.3 is 0 Å². The smallest absolute Gasteiger partial charge is 0.294 e. The van der Waals surface area contributed by atoms with Crippen LogP contribution in [0.4, 0.5) is 14.9 Å². The fourth-order valence-corrected chi connectivity index (χ4v) is 5.07. The minimum atomic E-state index is -0.609. The first-order valence-corrected chi connectivity index (χ1v) is 13.0. The Kier molecular flexibility index (Phi) is 8.55. The van der Waals surface area contributed by atoms with Crippen LogP contribution in [0.25, 0.3) is 6.08 Å². The van der Waals surface area contributed by atoms with Gasteiger partial charge in [-0.05, 0) is 94.0 Å². The Bertz CT molecular complexity index is 1400. The molecule has 1 fully saturated rings. The van der Waals surface area contributed by atoms with Crippen molar-refractivity contribution < 1.29 is 23.5 Å². The molecule has 3 aromatic carbocycles. The number of halogens is 4. The monoisotopic (exact) mass is 656 g/mol. The lowest BCUT2D eigenvalue weighted by Gasteiger charge is -2.12. The molecule has 0 atom stereocenters. The Labute approximate surface area is 233 Å². The van der Waals surface area contributed by atoms with Crippen LogP contribution in [0.5, 0.6) is 5.75 Å². The molecule has 1 heterocycles. The van der Waals surface area contributed by atoms with Gasteiger partial charge < -0.3 is 10.1 Å². The van der Waals surface area contributed by atoms with Crippen LogP contribution in [-0.2, 0) is 16.2 Å². The molecule has 0 radical (unpaired) electrons. The fourth-order valence-electron chi connectivity index (χ4n) is 3.21. The summed E-state index contributed by atoms with van der Waals surface area (Å²) in [5.41, 5.74) is 1.79. The van der Waals surface area contributed by atoms with Gasteiger partial charge in [0.1, 0.15) is 24.7 Å². The summed E-state index contributed by atoms with van der Waals surface area (Å²) < 4.78 is 20.0. The predicted molar refractivity (Wildman–Crippen MR) is 148 cm³/mol. The van der Waals surface area contributed by atoms with E-state index in [9.17, 15) is 18.8 Å². The zero-order valence-electron chi connectivity index (χ0n) is 18.3. The first kappa shape index (κ1) is 26.5. The van der Waals surface area contributed by atoms with Crippen LogP contribution in [0.2, 0.25) is 10.0 Å². The van der Waals surface area contributed by atoms with E-state index in [1.807, 2.05) is 12.1 Å². The van der Waals surface area contributed by atoms with E-state index in [2.05, 4.69) is 27.9 Å². The summed E-state index contributed by atoms with van der Waals surface area (Å²) in [4.78, 5) is 38.4. The van der Waals surface area contributed by atoms with Gasteiger partial charge in [0, 0.05) is 5.69 Å². The van der Waals surface area contributed by atoms with Gasteiger partial charge in [0.15, 0.2) is 0 Å². The zero-order chi connectivity index (χ0) is 25.8. The molecule has 0 saturated carbocycles. The number of thioether (sulfide) groups is 1. The van der Waals surface area contributed by atoms with Crippen molar-refractivity contribution in [2.45, 2.75) is 6.61 Å². The van der Waals surface area contributed by atoms with Crippen molar-refractivity contribution in [3.05, 3.63) is 96.1 Å². The summed E-state index contributed by atoms with van der Waals surface area (Å²) in [6, 6.07) is 15.9. The molecule has 0 spiro atoms. The number of carbonyl (C=O) groups is 3. The quantitative estimate of drug-likeness (QED) is 0.219. The number of hydrogen-bond acceptors (Lipinski definition) is 5. The Morgan fingerprint density at radius 3 is 2.61 bits per heavy atom. The van der Waals surface area contributed by atoms with Crippen LogP contribution >= 0.6 is 57.6 Å². The molecule has 0 unspecified atom stereocenters. The maximum Gasteiger partial charge on any atom is 0.294 e. The molecule has 0 aromatic heterocycles. The number of anilines is 1. The van der Waals surface area contributed by atoms with Crippen molar-refractivity contribution in [3.8, 4) is 5.75 Å². The predicted octanol–water partition coefficient (Wildman–Crippen LogP) is 6.99. The van der Waals surface area contributed by atoms with E-state index in [0.717, 1.165) is 31.9 Å². The van der Waals surface area contributed by atoms with Gasteiger partial charge in [-0.25, -0.2) is 4.39 Å². The number of ether oxygens (including phenoxy) is 1. The minimum Gasteiger partial charge on any atom is -0.488 e. The minimum absolute atomic E-state index is 0.193. The van der Waals surface area contributed by atoms with Crippen molar-refractivity contribution in [2.24, 2.45) is 0 Å². The van der Waals surface area contributed by atoms with E-state index in [4.69, 9.17) is 27.9 Å². The number of rotatable bonds is 7. The highest BCUT2D eigenvalue weighted by Gasteiger charge is 2.36. The lowest BCUT2D eigenvalue weighted by Crippen LogP contribution is -2.36. The van der Waals surface area contributed by atoms with Gasteiger partial charge in [0.25, 0.3) is 11.1 Å². The fraction of sp³-hybridized carbons (Fsp3) is 0.0800. The van der Waals surface area contributed by atoms with Gasteiger partial charge in [0.05, 0.1) is 18.5 Å². The molecule has 1 aliphatic heterocycles. The third kappa shape index (κ3) is 6.58. The maximum absolute atomic E-state index is 13.3. The summed E-state index contributed by atoms with van der Waals surface area (Å²) in [5, 5.41) is 2.83. The number of amides is 3. The van der Waals surface area contributed by atoms with Gasteiger partial charge in [-0.3, -0.25) is 19.3 Å². The SMILES string of the molecule is O=C(CN1C(=O)S/C(=C/c2ccc(OCc3ccc(Cl)c(Cl)c3)c(I)c2)C1=O)Nc1cccc(F)c1. The highest BCUT2D eigenvalue weighted by molar-refractivity contribution is 14.1. The van der Waals surface area contributed by atoms with Gasteiger partial charge in [0.2, 0.25) is 5.91 Å². The Balaban J connectivity index is 1.40. The molecule has 36 heavy (non-hydrogen) atoms. The number of carbonyl (C=O) groups excluding carboxylic acids is 3. The molecule has 0 aliphatic carbocycles. The molecule has 11 heteroatoms. The molecule has 1 N–H and O–H groups in total. The van der Waals surface area contributed by atoms with E-state index < -0.39 is 29.4 Å². The van der Waals surface area contributed by atoms with Crippen LogP contribution < -0.4 is 10.1 Å². The molecule has 1 saturated heterocycles. The summed E-state index contributed by atoms with van der Waals surface area (Å²) in [5.74, 6) is -1.06. The van der Waals surface area contributed by atoms with E-state index in [1.165, 1.54) is 18.2 Å². The van der Waals surface area contributed by atoms with Crippen LogP contribution in [-0.4, -0.2) is 28.5 Å². The molecule has 1 aliphatic rings. The summed E-state index contributed by atoms with van der Waals surface area (Å²) >= 11 is 14.9. The topological polar surface area (TPSA) is 75.7 Å². The first-order valence-electron chi connectivity index (χ1n) is 10.4. The lowest BCUT2D eigenvalue weighted by atomic mass is 10.2. The largest absolute Gasteiger partial charge is 0.488 e. The van der Waals surface area contributed by atoms with E-state index >= 15 is 0 Å². The lowest BCUT2D eigenvalue weighted by molar-refractivity contribution is -0.127. The molecule has 3 aromatic rings. The number of imide groups is 1. The molecule has 0 bridgehead atoms. The van der Waals surface area contributed by atoms with Gasteiger partial charge in [-0.15, -0.1) is 0 Å². The summed E-state index contributed by atoms with van der Waals surface area (Å²) in [6.07, 6.45) is 1.58. The van der Waals surface area contributed by atoms with Crippen LogP contribution in [0.3, 0.4) is 0 Å². The van der Waals surface area contributed by atoms with Gasteiger partial charge in [-0.2, -0.15) is 0 Å². The Hall–Kier alpha value is -2.60. The number of nitrogens with zero attached hydrogens (tertiary/aromatic N) is 1. The molecule has 6 nitrogen and oxygen atoms in total. The Morgan fingerprint density at radius 1 is 1.08 bits per heavy atom. The van der Waals surface area contributed by atoms with Crippen LogP contribution in [0.15, 0.2) is 65.6 Å².